The van der Waals surface area contributed by atoms with Gasteiger partial charge in [-0.3, -0.25) is 9.36 Å². The number of nitrogens with one attached hydrogen (secondary N) is 2. The number of nitrogens with zero attached hydrogens (tertiary/aromatic N) is 3. The minimum atomic E-state index is -3.38. The van der Waals surface area contributed by atoms with Crippen LogP contribution in [0.15, 0.2) is 38.9 Å². The molecule has 0 radical (unpaired) electrons. The normalized spacial score (nSPS) is 23.3. The third-order valence-electron chi connectivity index (χ3n) is 9.71. The van der Waals surface area contributed by atoms with Gasteiger partial charge in [0.25, 0.3) is 5.56 Å². The van der Waals surface area contributed by atoms with E-state index >= 15 is 0 Å². The van der Waals surface area contributed by atoms with Gasteiger partial charge < -0.3 is 15.5 Å². The van der Waals surface area contributed by atoms with Gasteiger partial charge >= 0.3 is 0 Å². The first-order chi connectivity index (χ1) is 19.1. The van der Waals surface area contributed by atoms with Crippen LogP contribution in [0.1, 0.15) is 82.4 Å². The Bertz CT molecular complexity index is 1480. The second-order valence-electron chi connectivity index (χ2n) is 12.6. The van der Waals surface area contributed by atoms with Gasteiger partial charge in [-0.2, -0.15) is 0 Å². The molecule has 1 aromatic heterocycles. The molecule has 216 valence electrons. The maximum absolute atomic E-state index is 13.5. The van der Waals surface area contributed by atoms with E-state index in [0.717, 1.165) is 87.1 Å². The Balaban J connectivity index is 1.14. The molecule has 10 heteroatoms. The SMILES string of the molecule is Cc1cc(S(=O)(=O)C2CC3(CCN(C(C)C)CC3)C2)ccc1NC1N=Cc2cc(Cl)c(=O)n(C3CCCC3)c2N1. The van der Waals surface area contributed by atoms with Crippen molar-refractivity contribution in [2.75, 3.05) is 23.7 Å². The number of sulfone groups is 1. The number of hydrogen-bond donors (Lipinski definition) is 2. The molecule has 8 nitrogen and oxygen atoms in total. The molecule has 0 bridgehead atoms. The summed E-state index contributed by atoms with van der Waals surface area (Å²) in [5.74, 6) is 0.726. The number of aliphatic imine (C=N–C) groups is 1. The molecule has 1 atom stereocenters. The van der Waals surface area contributed by atoms with Gasteiger partial charge in [-0.05, 0) is 108 Å². The van der Waals surface area contributed by atoms with Gasteiger partial charge in [0.05, 0.1) is 10.1 Å². The molecule has 1 spiro atoms. The molecular weight excluding hydrogens is 546 g/mol. The molecule has 2 aromatic rings. The predicted molar refractivity (Wildman–Crippen MR) is 162 cm³/mol. The lowest BCUT2D eigenvalue weighted by atomic mass is 9.63. The van der Waals surface area contributed by atoms with E-state index in [2.05, 4.69) is 34.4 Å². The summed E-state index contributed by atoms with van der Waals surface area (Å²) in [4.78, 5) is 20.4. The van der Waals surface area contributed by atoms with Crippen LogP contribution in [0.2, 0.25) is 5.02 Å². The molecule has 40 heavy (non-hydrogen) atoms. The van der Waals surface area contributed by atoms with E-state index in [0.29, 0.717) is 10.9 Å². The quantitative estimate of drug-likeness (QED) is 0.459. The number of aromatic nitrogens is 1. The Hall–Kier alpha value is -2.36. The number of piperidine rings is 1. The zero-order valence-electron chi connectivity index (χ0n) is 23.6. The molecule has 0 amide bonds. The summed E-state index contributed by atoms with van der Waals surface area (Å²) in [5, 5.41) is 6.67. The van der Waals surface area contributed by atoms with Crippen LogP contribution in [-0.4, -0.2) is 54.8 Å². The lowest BCUT2D eigenvalue weighted by Gasteiger charge is -2.52. The molecule has 2 aliphatic carbocycles. The molecule has 2 saturated carbocycles. The number of benzene rings is 1. The van der Waals surface area contributed by atoms with Crippen molar-refractivity contribution in [3.8, 4) is 0 Å². The van der Waals surface area contributed by atoms with Gasteiger partial charge in [-0.15, -0.1) is 0 Å². The number of halogens is 1. The second-order valence-corrected chi connectivity index (χ2v) is 15.2. The summed E-state index contributed by atoms with van der Waals surface area (Å²) in [6.07, 6.45) is 9.09. The van der Waals surface area contributed by atoms with Crippen LogP contribution in [0.5, 0.6) is 0 Å². The van der Waals surface area contributed by atoms with Crippen molar-refractivity contribution >= 4 is 39.2 Å². The molecule has 3 heterocycles. The molecular formula is C30H40ClN5O3S. The highest BCUT2D eigenvalue weighted by Crippen LogP contribution is 2.53. The molecule has 1 unspecified atom stereocenters. The molecule has 1 aromatic carbocycles. The van der Waals surface area contributed by atoms with Crippen LogP contribution >= 0.6 is 11.6 Å². The van der Waals surface area contributed by atoms with Gasteiger partial charge in [0.1, 0.15) is 10.8 Å². The lowest BCUT2D eigenvalue weighted by molar-refractivity contribution is 0.0246. The summed E-state index contributed by atoms with van der Waals surface area (Å²) in [6.45, 7) is 8.51. The van der Waals surface area contributed by atoms with Crippen LogP contribution in [-0.2, 0) is 9.84 Å². The van der Waals surface area contributed by atoms with Crippen molar-refractivity contribution < 1.29 is 8.42 Å². The Morgan fingerprint density at radius 1 is 1.12 bits per heavy atom. The highest BCUT2D eigenvalue weighted by atomic mass is 35.5. The predicted octanol–water partition coefficient (Wildman–Crippen LogP) is 5.59. The molecule has 3 fully saturated rings. The average Bonchev–Trinajstić information content (AvgIpc) is 3.44. The monoisotopic (exact) mass is 585 g/mol. The third kappa shape index (κ3) is 4.98. The van der Waals surface area contributed by atoms with Gasteiger partial charge in [0.2, 0.25) is 0 Å². The summed E-state index contributed by atoms with van der Waals surface area (Å²) < 4.78 is 28.8. The first-order valence-corrected chi connectivity index (χ1v) is 16.6. The Kier molecular flexibility index (Phi) is 7.28. The number of aryl methyl sites for hydroxylation is 1. The number of pyridine rings is 1. The van der Waals surface area contributed by atoms with Crippen LogP contribution < -0.4 is 16.2 Å². The minimum Gasteiger partial charge on any atom is -0.347 e. The fourth-order valence-corrected chi connectivity index (χ4v) is 9.48. The van der Waals surface area contributed by atoms with Gasteiger partial charge in [-0.1, -0.05) is 24.4 Å². The van der Waals surface area contributed by atoms with E-state index in [1.165, 1.54) is 0 Å². The highest BCUT2D eigenvalue weighted by molar-refractivity contribution is 7.92. The smallest absolute Gasteiger partial charge is 0.271 e. The lowest BCUT2D eigenvalue weighted by Crippen LogP contribution is -2.52. The molecule has 2 N–H and O–H groups in total. The van der Waals surface area contributed by atoms with Crippen LogP contribution in [0.4, 0.5) is 11.5 Å². The summed E-state index contributed by atoms with van der Waals surface area (Å²) in [5.41, 5.74) is 2.45. The topological polar surface area (TPSA) is 95.8 Å². The van der Waals surface area contributed by atoms with Crippen molar-refractivity contribution in [2.45, 2.75) is 101 Å². The van der Waals surface area contributed by atoms with E-state index in [9.17, 15) is 13.2 Å². The Labute approximate surface area is 242 Å². The average molecular weight is 586 g/mol. The fraction of sp³-hybridized carbons (Fsp3) is 0.600. The first-order valence-electron chi connectivity index (χ1n) is 14.7. The largest absolute Gasteiger partial charge is 0.347 e. The number of rotatable bonds is 6. The van der Waals surface area contributed by atoms with Crippen LogP contribution in [0.25, 0.3) is 0 Å². The maximum atomic E-state index is 13.5. The summed E-state index contributed by atoms with van der Waals surface area (Å²) in [6, 6.07) is 7.66. The van der Waals surface area contributed by atoms with Crippen molar-refractivity contribution in [3.63, 3.8) is 0 Å². The minimum absolute atomic E-state index is 0.124. The number of anilines is 2. The Morgan fingerprint density at radius 3 is 2.48 bits per heavy atom. The maximum Gasteiger partial charge on any atom is 0.271 e. The zero-order chi connectivity index (χ0) is 28.2. The standard InChI is InChI=1S/C30H40ClN5O3S/c1-19(2)35-12-10-30(11-13-35)16-24(17-30)40(38,39)23-8-9-26(20(3)14-23)33-29-32-18-21-15-25(31)28(37)36(27(21)34-29)22-6-4-5-7-22/h8-9,14-15,18-19,22,24,29,33-34H,4-7,10-13,16-17H2,1-3H3. The molecule has 2 aliphatic heterocycles. The summed E-state index contributed by atoms with van der Waals surface area (Å²) >= 11 is 6.27. The van der Waals surface area contributed by atoms with Crippen LogP contribution in [0.3, 0.4) is 0 Å². The van der Waals surface area contributed by atoms with E-state index in [1.54, 1.807) is 29.0 Å². The molecule has 6 rings (SSSR count). The van der Waals surface area contributed by atoms with E-state index in [4.69, 9.17) is 11.6 Å². The van der Waals surface area contributed by atoms with E-state index < -0.39 is 16.1 Å². The van der Waals surface area contributed by atoms with Crippen LogP contribution in [0, 0.1) is 12.3 Å². The molecule has 4 aliphatic rings. The zero-order valence-corrected chi connectivity index (χ0v) is 25.2. The van der Waals surface area contributed by atoms with E-state index in [1.807, 2.05) is 13.0 Å². The second kappa shape index (κ2) is 10.5. The first kappa shape index (κ1) is 27.8. The number of fused-ring (bicyclic) bond motifs is 1. The highest BCUT2D eigenvalue weighted by Gasteiger charge is 2.51. The van der Waals surface area contributed by atoms with Gasteiger partial charge in [-0.25, -0.2) is 13.4 Å². The summed E-state index contributed by atoms with van der Waals surface area (Å²) in [7, 11) is -3.38. The van der Waals surface area contributed by atoms with Gasteiger partial charge in [0, 0.05) is 29.5 Å². The molecule has 1 saturated heterocycles. The fourth-order valence-electron chi connectivity index (χ4n) is 7.14. The van der Waals surface area contributed by atoms with E-state index in [-0.39, 0.29) is 27.3 Å². The number of likely N-dealkylation sites (tertiary alicyclic amines) is 1. The van der Waals surface area contributed by atoms with Gasteiger partial charge in [0.15, 0.2) is 16.1 Å². The van der Waals surface area contributed by atoms with Crippen molar-refractivity contribution in [2.24, 2.45) is 10.4 Å². The third-order valence-corrected chi connectivity index (χ3v) is 12.1. The van der Waals surface area contributed by atoms with Crippen molar-refractivity contribution in [1.82, 2.24) is 9.47 Å². The van der Waals surface area contributed by atoms with Crippen molar-refractivity contribution in [1.29, 1.82) is 0 Å². The number of hydrogen-bond acceptors (Lipinski definition) is 7. The Morgan fingerprint density at radius 2 is 1.82 bits per heavy atom. The van der Waals surface area contributed by atoms with Crippen molar-refractivity contribution in [3.05, 3.63) is 50.8 Å².